The Labute approximate surface area is 133 Å². The summed E-state index contributed by atoms with van der Waals surface area (Å²) in [5, 5.41) is 16.5. The summed E-state index contributed by atoms with van der Waals surface area (Å²) in [6.45, 7) is 1.87. The number of hydrogen-bond acceptors (Lipinski definition) is 6. The molecule has 0 radical (unpaired) electrons. The van der Waals surface area contributed by atoms with E-state index in [2.05, 4.69) is 20.4 Å². The second-order valence-corrected chi connectivity index (χ2v) is 5.33. The predicted molar refractivity (Wildman–Crippen MR) is 83.3 cm³/mol. The van der Waals surface area contributed by atoms with Gasteiger partial charge in [-0.05, 0) is 31.0 Å². The number of hydrogen-bond donors (Lipinski definition) is 3. The Bertz CT molecular complexity index is 753. The molecule has 2 aromatic heterocycles. The molecule has 4 N–H and O–H groups in total. The van der Waals surface area contributed by atoms with Gasteiger partial charge in [0.2, 0.25) is 11.9 Å². The number of nitrogens with zero attached hydrogens (tertiary/aromatic N) is 4. The van der Waals surface area contributed by atoms with Crippen molar-refractivity contribution in [2.45, 2.75) is 25.8 Å². The zero-order chi connectivity index (χ0) is 16.4. The van der Waals surface area contributed by atoms with Gasteiger partial charge in [0.05, 0.1) is 5.57 Å². The van der Waals surface area contributed by atoms with Crippen LogP contribution in [0.1, 0.15) is 30.8 Å². The number of fused-ring (bicyclic) bond motifs is 1. The molecule has 0 aromatic carbocycles. The summed E-state index contributed by atoms with van der Waals surface area (Å²) in [6, 6.07) is 3.21. The van der Waals surface area contributed by atoms with E-state index in [1.165, 1.54) is 0 Å². The number of anilines is 1. The number of aromatic nitrogens is 4. The molecular weight excluding hydrogens is 296 g/mol. The molecule has 120 valence electrons. The number of aryl methyl sites for hydroxylation is 1. The van der Waals surface area contributed by atoms with E-state index in [-0.39, 0.29) is 6.61 Å². The van der Waals surface area contributed by atoms with Gasteiger partial charge in [0.1, 0.15) is 6.04 Å². The molecule has 23 heavy (non-hydrogen) atoms. The molecule has 0 saturated carbocycles. The molecule has 8 heteroatoms. The van der Waals surface area contributed by atoms with Crippen LogP contribution in [-0.2, 0) is 11.2 Å². The Morgan fingerprint density at radius 3 is 2.83 bits per heavy atom. The van der Waals surface area contributed by atoms with Gasteiger partial charge in [0, 0.05) is 31.1 Å². The van der Waals surface area contributed by atoms with E-state index in [0.717, 1.165) is 5.56 Å². The maximum absolute atomic E-state index is 12.0. The molecule has 0 fully saturated rings. The van der Waals surface area contributed by atoms with Crippen LogP contribution in [-0.4, -0.2) is 37.4 Å². The predicted octanol–water partition coefficient (Wildman–Crippen LogP) is 0.372. The van der Waals surface area contributed by atoms with Gasteiger partial charge in [-0.2, -0.15) is 10.1 Å². The monoisotopic (exact) mass is 314 g/mol. The molecule has 0 saturated heterocycles. The van der Waals surface area contributed by atoms with Crippen molar-refractivity contribution < 1.29 is 9.90 Å². The molecule has 1 aliphatic heterocycles. The van der Waals surface area contributed by atoms with Crippen LogP contribution in [0.4, 0.5) is 5.95 Å². The topological polar surface area (TPSA) is 119 Å². The van der Waals surface area contributed by atoms with Gasteiger partial charge in [0.15, 0.2) is 5.82 Å². The number of primary amides is 1. The smallest absolute Gasteiger partial charge is 0.248 e. The van der Waals surface area contributed by atoms with Crippen LogP contribution in [0.25, 0.3) is 0 Å². The largest absolute Gasteiger partial charge is 0.396 e. The van der Waals surface area contributed by atoms with Crippen LogP contribution in [0.15, 0.2) is 35.8 Å². The second-order valence-electron chi connectivity index (χ2n) is 5.33. The third-order valence-electron chi connectivity index (χ3n) is 3.74. The van der Waals surface area contributed by atoms with Gasteiger partial charge >= 0.3 is 0 Å². The molecule has 3 heterocycles. The first kappa shape index (κ1) is 15.2. The van der Waals surface area contributed by atoms with Crippen LogP contribution in [0.5, 0.6) is 0 Å². The van der Waals surface area contributed by atoms with E-state index in [4.69, 9.17) is 10.8 Å². The quantitative estimate of drug-likeness (QED) is 0.733. The molecule has 0 bridgehead atoms. The number of carbonyl (C=O) groups is 1. The zero-order valence-electron chi connectivity index (χ0n) is 12.7. The highest BCUT2D eigenvalue weighted by Crippen LogP contribution is 2.34. The number of nitrogens with two attached hydrogens (primary N) is 1. The normalized spacial score (nSPS) is 16.9. The lowest BCUT2D eigenvalue weighted by molar-refractivity contribution is -0.115. The molecule has 1 amide bonds. The fraction of sp³-hybridized carbons (Fsp3) is 0.333. The fourth-order valence-corrected chi connectivity index (χ4v) is 2.71. The highest BCUT2D eigenvalue weighted by Gasteiger charge is 2.32. The second kappa shape index (κ2) is 6.17. The number of carbonyl (C=O) groups excluding carboxylic acids is 1. The molecule has 0 unspecified atom stereocenters. The first-order valence-corrected chi connectivity index (χ1v) is 7.35. The summed E-state index contributed by atoms with van der Waals surface area (Å²) in [5.41, 5.74) is 7.55. The van der Waals surface area contributed by atoms with Crippen molar-refractivity contribution in [1.82, 2.24) is 19.7 Å². The Hall–Kier alpha value is -2.74. The van der Waals surface area contributed by atoms with E-state index in [1.807, 2.05) is 12.1 Å². The van der Waals surface area contributed by atoms with Gasteiger partial charge in [-0.1, -0.05) is 0 Å². The summed E-state index contributed by atoms with van der Waals surface area (Å²) in [5.74, 6) is 0.663. The minimum absolute atomic E-state index is 0.0783. The van der Waals surface area contributed by atoms with Crippen molar-refractivity contribution >= 4 is 11.9 Å². The van der Waals surface area contributed by atoms with Gasteiger partial charge in [-0.25, -0.2) is 4.68 Å². The maximum atomic E-state index is 12.0. The third-order valence-corrected chi connectivity index (χ3v) is 3.74. The van der Waals surface area contributed by atoms with Gasteiger partial charge in [0.25, 0.3) is 0 Å². The Morgan fingerprint density at radius 1 is 1.43 bits per heavy atom. The summed E-state index contributed by atoms with van der Waals surface area (Å²) in [7, 11) is 0. The number of amides is 1. The highest BCUT2D eigenvalue weighted by atomic mass is 16.3. The van der Waals surface area contributed by atoms with Crippen LogP contribution in [0.2, 0.25) is 0 Å². The Balaban J connectivity index is 2.09. The van der Waals surface area contributed by atoms with Crippen molar-refractivity contribution in [3.05, 3.63) is 47.2 Å². The zero-order valence-corrected chi connectivity index (χ0v) is 12.7. The summed E-state index contributed by atoms with van der Waals surface area (Å²) >= 11 is 0. The lowest BCUT2D eigenvalue weighted by atomic mass is 9.96. The van der Waals surface area contributed by atoms with E-state index in [1.54, 1.807) is 24.0 Å². The van der Waals surface area contributed by atoms with E-state index in [9.17, 15) is 4.79 Å². The van der Waals surface area contributed by atoms with Crippen molar-refractivity contribution in [2.75, 3.05) is 11.9 Å². The number of aliphatic hydroxyl groups is 1. The van der Waals surface area contributed by atoms with E-state index < -0.39 is 11.9 Å². The van der Waals surface area contributed by atoms with Crippen molar-refractivity contribution in [1.29, 1.82) is 0 Å². The summed E-state index contributed by atoms with van der Waals surface area (Å²) < 4.78 is 1.66. The molecule has 8 nitrogen and oxygen atoms in total. The van der Waals surface area contributed by atoms with Crippen LogP contribution in [0.3, 0.4) is 0 Å². The number of allylic oxidation sites excluding steroid dienone is 1. The number of aliphatic hydroxyl groups excluding tert-OH is 1. The molecule has 0 aliphatic carbocycles. The van der Waals surface area contributed by atoms with Crippen molar-refractivity contribution in [3.8, 4) is 0 Å². The molecule has 0 spiro atoms. The average molecular weight is 314 g/mol. The SMILES string of the molecule is CC1=C(C(N)=O)[C@H](c2ccncc2)n2nc(CCCO)nc2N1. The van der Waals surface area contributed by atoms with E-state index in [0.29, 0.717) is 35.9 Å². The third kappa shape index (κ3) is 2.80. The number of nitrogens with one attached hydrogen (secondary N) is 1. The van der Waals surface area contributed by atoms with Gasteiger partial charge in [-0.3, -0.25) is 9.78 Å². The van der Waals surface area contributed by atoms with Gasteiger partial charge in [-0.15, -0.1) is 0 Å². The molecule has 2 aromatic rings. The summed E-state index contributed by atoms with van der Waals surface area (Å²) in [6.07, 6.45) is 4.47. The van der Waals surface area contributed by atoms with Crippen molar-refractivity contribution in [3.63, 3.8) is 0 Å². The molecule has 3 rings (SSSR count). The Morgan fingerprint density at radius 2 is 2.17 bits per heavy atom. The number of pyridine rings is 1. The van der Waals surface area contributed by atoms with Gasteiger partial charge < -0.3 is 16.2 Å². The minimum Gasteiger partial charge on any atom is -0.396 e. The first-order chi connectivity index (χ1) is 11.1. The average Bonchev–Trinajstić information content (AvgIpc) is 2.94. The molecular formula is C15H18N6O2. The van der Waals surface area contributed by atoms with Crippen molar-refractivity contribution in [2.24, 2.45) is 5.73 Å². The van der Waals surface area contributed by atoms with E-state index >= 15 is 0 Å². The Kier molecular flexibility index (Phi) is 4.07. The lowest BCUT2D eigenvalue weighted by Gasteiger charge is -2.27. The lowest BCUT2D eigenvalue weighted by Crippen LogP contribution is -2.31. The number of rotatable bonds is 5. The highest BCUT2D eigenvalue weighted by molar-refractivity contribution is 5.95. The standard InChI is InChI=1S/C15H18N6O2/c1-9-12(14(16)23)13(10-4-6-17-7-5-10)21-15(18-9)19-11(20-21)3-2-8-22/h4-7,13,22H,2-3,8H2,1H3,(H2,16,23)(H,18,19,20)/t13-/m0/s1. The summed E-state index contributed by atoms with van der Waals surface area (Å²) in [4.78, 5) is 20.4. The van der Waals surface area contributed by atoms with Crippen LogP contribution >= 0.6 is 0 Å². The minimum atomic E-state index is -0.505. The molecule has 1 aliphatic rings. The van der Waals surface area contributed by atoms with Crippen LogP contribution in [0, 0.1) is 0 Å². The first-order valence-electron chi connectivity index (χ1n) is 7.35. The fourth-order valence-electron chi connectivity index (χ4n) is 2.71. The van der Waals surface area contributed by atoms with Crippen LogP contribution < -0.4 is 11.1 Å². The maximum Gasteiger partial charge on any atom is 0.248 e. The molecule has 1 atom stereocenters.